The molecule has 142 valence electrons. The largest absolute Gasteiger partial charge is 0.452 e. The van der Waals surface area contributed by atoms with E-state index in [0.717, 1.165) is 42.9 Å². The minimum Gasteiger partial charge on any atom is -0.452 e. The number of ether oxygens (including phenoxy) is 1. The number of amides is 1. The van der Waals surface area contributed by atoms with Gasteiger partial charge in [0.2, 0.25) is 0 Å². The second-order valence-corrected chi connectivity index (χ2v) is 7.49. The van der Waals surface area contributed by atoms with Crippen molar-refractivity contribution in [3.05, 3.63) is 52.8 Å². The lowest BCUT2D eigenvalue weighted by atomic mass is 10.1. The van der Waals surface area contributed by atoms with Crippen LogP contribution in [0.1, 0.15) is 40.2 Å². The molecule has 0 spiro atoms. The van der Waals surface area contributed by atoms with Crippen LogP contribution in [0.5, 0.6) is 0 Å². The van der Waals surface area contributed by atoms with Gasteiger partial charge in [0.25, 0.3) is 5.91 Å². The molecule has 0 radical (unpaired) electrons. The van der Waals surface area contributed by atoms with E-state index in [1.807, 2.05) is 32.0 Å². The molecular weight excluding hydrogens is 362 g/mol. The van der Waals surface area contributed by atoms with Crippen LogP contribution in [0, 0.1) is 13.8 Å². The third kappa shape index (κ3) is 5.29. The molecule has 0 atom stereocenters. The smallest absolute Gasteiger partial charge is 0.338 e. The summed E-state index contributed by atoms with van der Waals surface area (Å²) in [7, 11) is 0. The highest BCUT2D eigenvalue weighted by atomic mass is 32.2. The van der Waals surface area contributed by atoms with Gasteiger partial charge in [-0.3, -0.25) is 4.79 Å². The number of aryl methyl sites for hydroxylation is 2. The Hall–Kier alpha value is -2.41. The van der Waals surface area contributed by atoms with E-state index in [1.165, 1.54) is 11.8 Å². The predicted molar refractivity (Wildman–Crippen MR) is 104 cm³/mol. The highest BCUT2D eigenvalue weighted by Gasteiger charge is 2.20. The molecule has 0 N–H and O–H groups in total. The van der Waals surface area contributed by atoms with Gasteiger partial charge in [-0.25, -0.2) is 14.8 Å². The molecule has 0 saturated carbocycles. The molecule has 1 aliphatic rings. The van der Waals surface area contributed by atoms with E-state index in [4.69, 9.17) is 4.74 Å². The number of likely N-dealkylation sites (tertiary alicyclic amines) is 1. The maximum atomic E-state index is 12.5. The third-order valence-corrected chi connectivity index (χ3v) is 5.24. The average Bonchev–Trinajstić information content (AvgIpc) is 3.18. The number of esters is 1. The van der Waals surface area contributed by atoms with Gasteiger partial charge in [-0.2, -0.15) is 0 Å². The first-order valence-corrected chi connectivity index (χ1v) is 9.99. The summed E-state index contributed by atoms with van der Waals surface area (Å²) in [5.41, 5.74) is 3.14. The highest BCUT2D eigenvalue weighted by Crippen LogP contribution is 2.23. The highest BCUT2D eigenvalue weighted by molar-refractivity contribution is 7.98. The van der Waals surface area contributed by atoms with Crippen LogP contribution in [-0.4, -0.2) is 46.4 Å². The van der Waals surface area contributed by atoms with Crippen LogP contribution in [0.3, 0.4) is 0 Å². The number of thioether (sulfide) groups is 1. The van der Waals surface area contributed by atoms with E-state index < -0.39 is 5.97 Å². The summed E-state index contributed by atoms with van der Waals surface area (Å²) in [5, 5.41) is 0.680. The van der Waals surface area contributed by atoms with Gasteiger partial charge >= 0.3 is 5.97 Å². The molecule has 1 saturated heterocycles. The van der Waals surface area contributed by atoms with Crippen molar-refractivity contribution in [2.75, 3.05) is 19.7 Å². The Morgan fingerprint density at radius 2 is 1.78 bits per heavy atom. The zero-order valence-electron chi connectivity index (χ0n) is 15.6. The number of aromatic nitrogens is 2. The van der Waals surface area contributed by atoms with Gasteiger partial charge in [-0.15, -0.1) is 0 Å². The third-order valence-electron chi connectivity index (χ3n) is 4.34. The van der Waals surface area contributed by atoms with Crippen molar-refractivity contribution in [2.45, 2.75) is 37.6 Å². The standard InChI is InChI=1S/C20H23N3O3S/c1-14-11-15(2)22-20(21-14)27-13-16-7-3-4-8-17(16)19(25)26-12-18(24)23-9-5-6-10-23/h3-4,7-8,11H,5-6,9-10,12-13H2,1-2H3. The molecule has 1 aromatic carbocycles. The maximum Gasteiger partial charge on any atom is 0.338 e. The predicted octanol–water partition coefficient (Wildman–Crippen LogP) is 3.16. The van der Waals surface area contributed by atoms with Gasteiger partial charge in [-0.1, -0.05) is 30.0 Å². The summed E-state index contributed by atoms with van der Waals surface area (Å²) in [5.74, 6) is -0.0507. The van der Waals surface area contributed by atoms with E-state index >= 15 is 0 Å². The summed E-state index contributed by atoms with van der Waals surface area (Å²) in [6, 6.07) is 9.20. The Morgan fingerprint density at radius 1 is 1.11 bits per heavy atom. The van der Waals surface area contributed by atoms with Gasteiger partial charge < -0.3 is 9.64 Å². The SMILES string of the molecule is Cc1cc(C)nc(SCc2ccccc2C(=O)OCC(=O)N2CCCC2)n1. The molecule has 7 heteroatoms. The monoisotopic (exact) mass is 385 g/mol. The first-order valence-electron chi connectivity index (χ1n) is 9.01. The van der Waals surface area contributed by atoms with Gasteiger partial charge in [0.1, 0.15) is 0 Å². The lowest BCUT2D eigenvalue weighted by Gasteiger charge is -2.15. The van der Waals surface area contributed by atoms with E-state index in [2.05, 4.69) is 9.97 Å². The molecule has 3 rings (SSSR count). The van der Waals surface area contributed by atoms with Gasteiger partial charge in [0.05, 0.1) is 5.56 Å². The summed E-state index contributed by atoms with van der Waals surface area (Å²) in [6.45, 7) is 5.16. The molecule has 1 amide bonds. The van der Waals surface area contributed by atoms with Crippen LogP contribution in [0.4, 0.5) is 0 Å². The first-order chi connectivity index (χ1) is 13.0. The van der Waals surface area contributed by atoms with Crippen molar-refractivity contribution in [2.24, 2.45) is 0 Å². The number of carbonyl (C=O) groups excluding carboxylic acids is 2. The Kier molecular flexibility index (Phi) is 6.45. The Morgan fingerprint density at radius 3 is 2.48 bits per heavy atom. The zero-order chi connectivity index (χ0) is 19.2. The number of rotatable bonds is 6. The summed E-state index contributed by atoms with van der Waals surface area (Å²) >= 11 is 1.47. The minimum absolute atomic E-state index is 0.128. The summed E-state index contributed by atoms with van der Waals surface area (Å²) in [6.07, 6.45) is 2.03. The molecule has 0 aliphatic carbocycles. The van der Waals surface area contributed by atoms with Crippen LogP contribution in [0.2, 0.25) is 0 Å². The van der Waals surface area contributed by atoms with Crippen molar-refractivity contribution in [3.63, 3.8) is 0 Å². The van der Waals surface area contributed by atoms with Crippen molar-refractivity contribution in [3.8, 4) is 0 Å². The molecule has 0 bridgehead atoms. The van der Waals surface area contributed by atoms with E-state index in [0.29, 0.717) is 16.5 Å². The van der Waals surface area contributed by atoms with Crippen molar-refractivity contribution >= 4 is 23.6 Å². The molecule has 1 fully saturated rings. The van der Waals surface area contributed by atoms with Crippen LogP contribution in [0.15, 0.2) is 35.5 Å². The topological polar surface area (TPSA) is 72.4 Å². The van der Waals surface area contributed by atoms with Crippen LogP contribution in [-0.2, 0) is 15.3 Å². The van der Waals surface area contributed by atoms with Crippen LogP contribution in [0.25, 0.3) is 0 Å². The average molecular weight is 385 g/mol. The van der Waals surface area contributed by atoms with Gasteiger partial charge in [-0.05, 0) is 44.4 Å². The van der Waals surface area contributed by atoms with Gasteiger partial charge in [0, 0.05) is 30.2 Å². The molecule has 1 aliphatic heterocycles. The Balaban J connectivity index is 1.62. The van der Waals surface area contributed by atoms with Crippen LogP contribution < -0.4 is 0 Å². The van der Waals surface area contributed by atoms with Crippen molar-refractivity contribution < 1.29 is 14.3 Å². The van der Waals surface area contributed by atoms with Crippen molar-refractivity contribution in [1.29, 1.82) is 0 Å². The number of hydrogen-bond donors (Lipinski definition) is 0. The molecule has 27 heavy (non-hydrogen) atoms. The molecule has 0 unspecified atom stereocenters. The van der Waals surface area contributed by atoms with E-state index in [1.54, 1.807) is 17.0 Å². The quantitative estimate of drug-likeness (QED) is 0.432. The molecule has 2 aromatic rings. The minimum atomic E-state index is -0.472. The molecule has 2 heterocycles. The fraction of sp³-hybridized carbons (Fsp3) is 0.400. The molecule has 1 aromatic heterocycles. The lowest BCUT2D eigenvalue weighted by molar-refractivity contribution is -0.133. The fourth-order valence-electron chi connectivity index (χ4n) is 3.01. The summed E-state index contributed by atoms with van der Waals surface area (Å²) < 4.78 is 5.26. The number of hydrogen-bond acceptors (Lipinski definition) is 6. The summed E-state index contributed by atoms with van der Waals surface area (Å²) in [4.78, 5) is 35.1. The molecular formula is C20H23N3O3S. The second-order valence-electron chi connectivity index (χ2n) is 6.54. The maximum absolute atomic E-state index is 12.5. The molecule has 6 nitrogen and oxygen atoms in total. The Bertz CT molecular complexity index is 815. The van der Waals surface area contributed by atoms with E-state index in [9.17, 15) is 9.59 Å². The zero-order valence-corrected chi connectivity index (χ0v) is 16.4. The lowest BCUT2D eigenvalue weighted by Crippen LogP contribution is -2.32. The number of carbonyl (C=O) groups is 2. The second kappa shape index (κ2) is 8.99. The normalized spacial score (nSPS) is 13.6. The fourth-order valence-corrected chi connectivity index (χ4v) is 3.96. The Labute approximate surface area is 163 Å². The van der Waals surface area contributed by atoms with Crippen LogP contribution >= 0.6 is 11.8 Å². The number of benzene rings is 1. The number of nitrogens with zero attached hydrogens (tertiary/aromatic N) is 3. The van der Waals surface area contributed by atoms with Crippen molar-refractivity contribution in [1.82, 2.24) is 14.9 Å². The first kappa shape index (κ1) is 19.4. The van der Waals surface area contributed by atoms with Gasteiger partial charge in [0.15, 0.2) is 11.8 Å². The van der Waals surface area contributed by atoms with E-state index in [-0.39, 0.29) is 12.5 Å².